The third-order valence-corrected chi connectivity index (χ3v) is 6.28. The summed E-state index contributed by atoms with van der Waals surface area (Å²) in [6.07, 6.45) is 0.305. The zero-order valence-corrected chi connectivity index (χ0v) is 14.5. The van der Waals surface area contributed by atoms with Gasteiger partial charge in [0.1, 0.15) is 5.76 Å². The summed E-state index contributed by atoms with van der Waals surface area (Å²) in [5, 5.41) is 0.0770. The predicted octanol–water partition coefficient (Wildman–Crippen LogP) is 5.04. The molecule has 6 heteroatoms. The number of carbonyl (C=O) groups is 1. The number of hydrogen-bond donors (Lipinski definition) is 0. The molecular formula is C20H16F3O2S+. The van der Waals surface area contributed by atoms with E-state index in [1.807, 2.05) is 66.7 Å². The van der Waals surface area contributed by atoms with Crippen LogP contribution in [0.5, 0.6) is 0 Å². The van der Waals surface area contributed by atoms with Gasteiger partial charge in [0.15, 0.2) is 15.0 Å². The van der Waals surface area contributed by atoms with E-state index in [4.69, 9.17) is 0 Å². The molecule has 0 amide bonds. The minimum absolute atomic E-state index is 0.0618. The fourth-order valence-electron chi connectivity index (χ4n) is 2.62. The number of benzene rings is 2. The van der Waals surface area contributed by atoms with Gasteiger partial charge in [-0.05, 0) is 42.5 Å². The Balaban J connectivity index is 1.81. The molecule has 1 atom stereocenters. The van der Waals surface area contributed by atoms with Crippen molar-refractivity contribution in [3.05, 3.63) is 84.7 Å². The molecule has 0 heterocycles. The Morgan fingerprint density at radius 3 is 1.92 bits per heavy atom. The lowest BCUT2D eigenvalue weighted by Crippen LogP contribution is -2.26. The van der Waals surface area contributed by atoms with Crippen molar-refractivity contribution in [2.45, 2.75) is 27.6 Å². The summed E-state index contributed by atoms with van der Waals surface area (Å²) in [4.78, 5) is 13.3. The summed E-state index contributed by atoms with van der Waals surface area (Å²) in [7, 11) is -0.276. The fraction of sp³-hybridized carbons (Fsp3) is 0.150. The van der Waals surface area contributed by atoms with Crippen molar-refractivity contribution in [2.24, 2.45) is 0 Å². The summed E-state index contributed by atoms with van der Waals surface area (Å²) < 4.78 is 41.4. The molecule has 1 unspecified atom stereocenters. The van der Waals surface area contributed by atoms with Crippen molar-refractivity contribution in [1.29, 1.82) is 0 Å². The number of esters is 1. The van der Waals surface area contributed by atoms with Crippen LogP contribution in [0.4, 0.5) is 13.2 Å². The molecule has 2 aromatic carbocycles. The molecule has 2 aromatic rings. The smallest absolute Gasteiger partial charge is 0.420 e. The Hall–Kier alpha value is -2.47. The minimum atomic E-state index is -5.00. The SMILES string of the molecule is O=C(OC1=CCC([S+](c2ccccc2)c2ccccc2)C=C1)C(F)(F)F. The van der Waals surface area contributed by atoms with Crippen LogP contribution < -0.4 is 0 Å². The molecule has 0 saturated heterocycles. The number of ether oxygens (including phenoxy) is 1. The lowest BCUT2D eigenvalue weighted by atomic mass is 10.2. The van der Waals surface area contributed by atoms with Crippen LogP contribution in [0.2, 0.25) is 0 Å². The first-order valence-electron chi connectivity index (χ1n) is 7.96. The highest BCUT2D eigenvalue weighted by molar-refractivity contribution is 7.97. The highest BCUT2D eigenvalue weighted by atomic mass is 32.2. The molecule has 1 aliphatic rings. The summed E-state index contributed by atoms with van der Waals surface area (Å²) in [5.74, 6) is -2.26. The topological polar surface area (TPSA) is 26.3 Å². The van der Waals surface area contributed by atoms with Crippen molar-refractivity contribution in [2.75, 3.05) is 0 Å². The monoisotopic (exact) mass is 377 g/mol. The molecule has 0 saturated carbocycles. The molecule has 0 fully saturated rings. The van der Waals surface area contributed by atoms with E-state index in [0.717, 1.165) is 9.79 Å². The number of hydrogen-bond acceptors (Lipinski definition) is 2. The molecule has 1 aliphatic carbocycles. The van der Waals surface area contributed by atoms with Crippen molar-refractivity contribution < 1.29 is 22.7 Å². The van der Waals surface area contributed by atoms with Crippen LogP contribution in [0.3, 0.4) is 0 Å². The van der Waals surface area contributed by atoms with Gasteiger partial charge in [0.05, 0.1) is 10.9 Å². The van der Waals surface area contributed by atoms with E-state index in [1.165, 1.54) is 6.08 Å². The van der Waals surface area contributed by atoms with E-state index < -0.39 is 12.1 Å². The minimum Gasteiger partial charge on any atom is -0.420 e. The van der Waals surface area contributed by atoms with Crippen LogP contribution in [0, 0.1) is 0 Å². The van der Waals surface area contributed by atoms with E-state index in [-0.39, 0.29) is 21.9 Å². The number of carbonyl (C=O) groups excluding carboxylic acids is 1. The third kappa shape index (κ3) is 4.38. The summed E-state index contributed by atoms with van der Waals surface area (Å²) >= 11 is 0. The van der Waals surface area contributed by atoms with Gasteiger partial charge in [-0.2, -0.15) is 13.2 Å². The Morgan fingerprint density at radius 1 is 0.962 bits per heavy atom. The molecule has 3 rings (SSSR count). The van der Waals surface area contributed by atoms with Gasteiger partial charge >= 0.3 is 12.1 Å². The Labute approximate surface area is 152 Å². The van der Waals surface area contributed by atoms with Crippen LogP contribution in [-0.4, -0.2) is 17.4 Å². The summed E-state index contributed by atoms with van der Waals surface area (Å²) in [6, 6.07) is 20.0. The molecule has 2 nitrogen and oxygen atoms in total. The van der Waals surface area contributed by atoms with E-state index in [1.54, 1.807) is 6.08 Å². The van der Waals surface area contributed by atoms with Crippen LogP contribution in [0.15, 0.2) is 94.4 Å². The summed E-state index contributed by atoms with van der Waals surface area (Å²) in [5.41, 5.74) is 0. The first-order valence-corrected chi connectivity index (χ1v) is 9.24. The third-order valence-electron chi connectivity index (χ3n) is 3.77. The highest BCUT2D eigenvalue weighted by Gasteiger charge is 2.42. The first kappa shape index (κ1) is 18.3. The fourth-order valence-corrected chi connectivity index (χ4v) is 5.01. The van der Waals surface area contributed by atoms with Crippen LogP contribution in [0.1, 0.15) is 6.42 Å². The van der Waals surface area contributed by atoms with E-state index in [0.29, 0.717) is 6.42 Å². The Kier molecular flexibility index (Phi) is 5.52. The molecule has 134 valence electrons. The molecule has 0 aliphatic heterocycles. The Bertz CT molecular complexity index is 774. The molecule has 0 radical (unpaired) electrons. The number of allylic oxidation sites excluding steroid dienone is 2. The lowest BCUT2D eigenvalue weighted by Gasteiger charge is -2.18. The van der Waals surface area contributed by atoms with E-state index >= 15 is 0 Å². The molecular weight excluding hydrogens is 361 g/mol. The van der Waals surface area contributed by atoms with Crippen molar-refractivity contribution in [3.8, 4) is 0 Å². The lowest BCUT2D eigenvalue weighted by molar-refractivity contribution is -0.194. The number of halogens is 3. The van der Waals surface area contributed by atoms with Gasteiger partial charge in [0.25, 0.3) is 0 Å². The van der Waals surface area contributed by atoms with Crippen LogP contribution in [-0.2, 0) is 20.4 Å². The normalized spacial score (nSPS) is 17.1. The average molecular weight is 377 g/mol. The van der Waals surface area contributed by atoms with Gasteiger partial charge in [-0.25, -0.2) is 4.79 Å². The zero-order valence-electron chi connectivity index (χ0n) is 13.6. The first-order chi connectivity index (χ1) is 12.4. The van der Waals surface area contributed by atoms with Crippen LogP contribution >= 0.6 is 0 Å². The second-order valence-electron chi connectivity index (χ2n) is 5.59. The maximum atomic E-state index is 12.3. The van der Waals surface area contributed by atoms with Gasteiger partial charge < -0.3 is 4.74 Å². The number of alkyl halides is 3. The quantitative estimate of drug-likeness (QED) is 0.551. The zero-order chi connectivity index (χ0) is 18.6. The molecule has 0 N–H and O–H groups in total. The predicted molar refractivity (Wildman–Crippen MR) is 94.6 cm³/mol. The van der Waals surface area contributed by atoms with Crippen LogP contribution in [0.25, 0.3) is 0 Å². The van der Waals surface area contributed by atoms with Crippen molar-refractivity contribution in [1.82, 2.24) is 0 Å². The molecule has 0 aromatic heterocycles. The van der Waals surface area contributed by atoms with Gasteiger partial charge in [-0.15, -0.1) is 0 Å². The van der Waals surface area contributed by atoms with E-state index in [2.05, 4.69) is 4.74 Å². The standard InChI is InChI=1S/C20H16F3O2S/c21-20(22,23)19(24)25-15-11-13-18(14-12-15)26(16-7-3-1-4-8-16)17-9-5-2-6-10-17/h1-13,18H,14H2/q+1. The Morgan fingerprint density at radius 2 is 1.50 bits per heavy atom. The molecule has 0 bridgehead atoms. The summed E-state index contributed by atoms with van der Waals surface area (Å²) in [6.45, 7) is 0. The van der Waals surface area contributed by atoms with E-state index in [9.17, 15) is 18.0 Å². The van der Waals surface area contributed by atoms with Crippen molar-refractivity contribution in [3.63, 3.8) is 0 Å². The second-order valence-corrected chi connectivity index (χ2v) is 7.81. The highest BCUT2D eigenvalue weighted by Crippen LogP contribution is 2.32. The van der Waals surface area contributed by atoms with Gasteiger partial charge in [0.2, 0.25) is 0 Å². The number of rotatable bonds is 4. The van der Waals surface area contributed by atoms with Gasteiger partial charge in [-0.3, -0.25) is 0 Å². The van der Waals surface area contributed by atoms with Gasteiger partial charge in [0, 0.05) is 6.42 Å². The largest absolute Gasteiger partial charge is 0.491 e. The van der Waals surface area contributed by atoms with Gasteiger partial charge in [-0.1, -0.05) is 36.4 Å². The maximum Gasteiger partial charge on any atom is 0.491 e. The molecule has 0 spiro atoms. The average Bonchev–Trinajstić information content (AvgIpc) is 2.64. The molecule has 26 heavy (non-hydrogen) atoms. The maximum absolute atomic E-state index is 12.3. The second kappa shape index (κ2) is 7.83. The van der Waals surface area contributed by atoms with Crippen molar-refractivity contribution >= 4 is 16.9 Å².